The Morgan fingerprint density at radius 3 is 2.32 bits per heavy atom. The molecule has 1 saturated heterocycles. The maximum absolute atomic E-state index is 10.5. The van der Waals surface area contributed by atoms with Crippen molar-refractivity contribution in [2.45, 2.75) is 31.6 Å². The van der Waals surface area contributed by atoms with Crippen LogP contribution in [0.1, 0.15) is 29.0 Å². The Bertz CT molecular complexity index is 582. The number of β-amino-alcohol motifs (C(OH)–C–C–N with tert-alkyl or cyclic N) is 1. The number of hydrogen-bond acceptors (Lipinski definition) is 3. The van der Waals surface area contributed by atoms with Gasteiger partial charge in [0, 0.05) is 19.0 Å². The normalized spacial score (nSPS) is 22.6. The zero-order valence-corrected chi connectivity index (χ0v) is 12.7. The fraction of sp³-hybridized carbons (Fsp3) is 0.368. The smallest absolute Gasteiger partial charge is 0.0736 e. The molecule has 1 heterocycles. The second kappa shape index (κ2) is 7.05. The molecular weight excluding hydrogens is 274 g/mol. The average molecular weight is 297 g/mol. The topological polar surface area (TPSA) is 43.7 Å². The summed E-state index contributed by atoms with van der Waals surface area (Å²) in [6.45, 7) is 2.67. The Labute approximate surface area is 131 Å². The second-order valence-corrected chi connectivity index (χ2v) is 6.08. The first-order valence-corrected chi connectivity index (χ1v) is 7.90. The molecule has 3 rings (SSSR count). The molecule has 0 aliphatic carbocycles. The molecule has 0 unspecified atom stereocenters. The lowest BCUT2D eigenvalue weighted by atomic mass is 9.86. The molecule has 1 aliphatic heterocycles. The highest BCUT2D eigenvalue weighted by atomic mass is 16.3. The molecule has 3 nitrogen and oxygen atoms in total. The van der Waals surface area contributed by atoms with E-state index in [2.05, 4.69) is 29.2 Å². The summed E-state index contributed by atoms with van der Waals surface area (Å²) in [5.74, 6) is 0.194. The summed E-state index contributed by atoms with van der Waals surface area (Å²) in [5.41, 5.74) is 3.38. The summed E-state index contributed by atoms with van der Waals surface area (Å²) in [6.07, 6.45) is 0.629. The van der Waals surface area contributed by atoms with Crippen LogP contribution < -0.4 is 0 Å². The summed E-state index contributed by atoms with van der Waals surface area (Å²) in [6, 6.07) is 18.4. The van der Waals surface area contributed by atoms with Crippen LogP contribution in [0, 0.1) is 0 Å². The number of piperidine rings is 1. The number of benzene rings is 2. The quantitative estimate of drug-likeness (QED) is 0.911. The molecule has 0 saturated carbocycles. The van der Waals surface area contributed by atoms with Crippen molar-refractivity contribution in [2.75, 3.05) is 13.1 Å². The van der Waals surface area contributed by atoms with Crippen LogP contribution >= 0.6 is 0 Å². The number of aliphatic hydroxyl groups is 2. The van der Waals surface area contributed by atoms with E-state index in [0.717, 1.165) is 25.1 Å². The van der Waals surface area contributed by atoms with E-state index in [1.54, 1.807) is 0 Å². The van der Waals surface area contributed by atoms with E-state index in [0.29, 0.717) is 6.54 Å². The SMILES string of the molecule is OCc1ccc([C@H]2CCN(Cc3ccccc3)C[C@@H]2O)cc1. The van der Waals surface area contributed by atoms with Gasteiger partial charge in [-0.25, -0.2) is 0 Å². The highest BCUT2D eigenvalue weighted by Gasteiger charge is 2.28. The minimum atomic E-state index is -0.336. The third-order valence-electron chi connectivity index (χ3n) is 4.51. The Morgan fingerprint density at radius 1 is 0.955 bits per heavy atom. The second-order valence-electron chi connectivity index (χ2n) is 6.08. The van der Waals surface area contributed by atoms with Crippen molar-refractivity contribution >= 4 is 0 Å². The zero-order valence-electron chi connectivity index (χ0n) is 12.7. The largest absolute Gasteiger partial charge is 0.392 e. The molecule has 2 aromatic carbocycles. The monoisotopic (exact) mass is 297 g/mol. The highest BCUT2D eigenvalue weighted by molar-refractivity contribution is 5.26. The van der Waals surface area contributed by atoms with Crippen LogP contribution in [0.3, 0.4) is 0 Å². The molecule has 3 heteroatoms. The van der Waals surface area contributed by atoms with E-state index >= 15 is 0 Å². The highest BCUT2D eigenvalue weighted by Crippen LogP contribution is 2.29. The zero-order chi connectivity index (χ0) is 15.4. The molecule has 116 valence electrons. The van der Waals surface area contributed by atoms with Crippen molar-refractivity contribution < 1.29 is 10.2 Å². The van der Waals surface area contributed by atoms with Gasteiger partial charge in [0.25, 0.3) is 0 Å². The molecule has 0 amide bonds. The van der Waals surface area contributed by atoms with Crippen molar-refractivity contribution in [2.24, 2.45) is 0 Å². The summed E-state index contributed by atoms with van der Waals surface area (Å²) < 4.78 is 0. The third-order valence-corrected chi connectivity index (χ3v) is 4.51. The maximum atomic E-state index is 10.5. The molecule has 22 heavy (non-hydrogen) atoms. The predicted octanol–water partition coefficient (Wildman–Crippen LogP) is 2.53. The lowest BCUT2D eigenvalue weighted by Crippen LogP contribution is -2.42. The van der Waals surface area contributed by atoms with Crippen LogP contribution in [0.5, 0.6) is 0 Å². The first kappa shape index (κ1) is 15.2. The van der Waals surface area contributed by atoms with E-state index in [9.17, 15) is 5.11 Å². The molecule has 0 spiro atoms. The van der Waals surface area contributed by atoms with Gasteiger partial charge in [-0.1, -0.05) is 54.6 Å². The lowest BCUT2D eigenvalue weighted by Gasteiger charge is -2.36. The Kier molecular flexibility index (Phi) is 4.88. The van der Waals surface area contributed by atoms with Gasteiger partial charge < -0.3 is 10.2 Å². The Morgan fingerprint density at radius 2 is 1.68 bits per heavy atom. The van der Waals surface area contributed by atoms with E-state index in [-0.39, 0.29) is 18.6 Å². The minimum Gasteiger partial charge on any atom is -0.392 e. The van der Waals surface area contributed by atoms with Gasteiger partial charge in [-0.2, -0.15) is 0 Å². The minimum absolute atomic E-state index is 0.0678. The van der Waals surface area contributed by atoms with Crippen LogP contribution in [0.4, 0.5) is 0 Å². The molecule has 1 aliphatic rings. The molecule has 0 radical (unpaired) electrons. The summed E-state index contributed by atoms with van der Waals surface area (Å²) in [7, 11) is 0. The van der Waals surface area contributed by atoms with Crippen LogP contribution in [0.2, 0.25) is 0 Å². The van der Waals surface area contributed by atoms with Gasteiger partial charge in [0.15, 0.2) is 0 Å². The molecule has 0 aromatic heterocycles. The molecule has 2 aromatic rings. The van der Waals surface area contributed by atoms with Gasteiger partial charge in [0.2, 0.25) is 0 Å². The van der Waals surface area contributed by atoms with Gasteiger partial charge in [0.1, 0.15) is 0 Å². The van der Waals surface area contributed by atoms with Crippen LogP contribution in [-0.2, 0) is 13.2 Å². The summed E-state index contributed by atoms with van der Waals surface area (Å²) >= 11 is 0. The molecule has 1 fully saturated rings. The van der Waals surface area contributed by atoms with Gasteiger partial charge in [-0.15, -0.1) is 0 Å². The molecule has 2 N–H and O–H groups in total. The van der Waals surface area contributed by atoms with Crippen molar-refractivity contribution in [1.82, 2.24) is 4.90 Å². The fourth-order valence-corrected chi connectivity index (χ4v) is 3.24. The van der Waals surface area contributed by atoms with Crippen LogP contribution in [0.25, 0.3) is 0 Å². The average Bonchev–Trinajstić information content (AvgIpc) is 2.56. The van der Waals surface area contributed by atoms with Crippen molar-refractivity contribution in [3.63, 3.8) is 0 Å². The number of aliphatic hydroxyl groups excluding tert-OH is 2. The van der Waals surface area contributed by atoms with Crippen LogP contribution in [-0.4, -0.2) is 34.3 Å². The lowest BCUT2D eigenvalue weighted by molar-refractivity contribution is 0.0477. The van der Waals surface area contributed by atoms with Crippen molar-refractivity contribution in [3.05, 3.63) is 71.3 Å². The number of likely N-dealkylation sites (tertiary alicyclic amines) is 1. The van der Waals surface area contributed by atoms with Crippen molar-refractivity contribution in [3.8, 4) is 0 Å². The molecule has 0 bridgehead atoms. The Balaban J connectivity index is 1.62. The molecule has 2 atom stereocenters. The molecular formula is C19H23NO2. The van der Waals surface area contributed by atoms with E-state index in [1.165, 1.54) is 11.1 Å². The maximum Gasteiger partial charge on any atom is 0.0736 e. The first-order valence-electron chi connectivity index (χ1n) is 7.90. The van der Waals surface area contributed by atoms with Gasteiger partial charge >= 0.3 is 0 Å². The Hall–Kier alpha value is -1.68. The third kappa shape index (κ3) is 3.55. The van der Waals surface area contributed by atoms with Gasteiger partial charge in [-0.05, 0) is 29.7 Å². The number of hydrogen-bond donors (Lipinski definition) is 2. The van der Waals surface area contributed by atoms with Gasteiger partial charge in [0.05, 0.1) is 12.7 Å². The van der Waals surface area contributed by atoms with Gasteiger partial charge in [-0.3, -0.25) is 4.90 Å². The van der Waals surface area contributed by atoms with Crippen molar-refractivity contribution in [1.29, 1.82) is 0 Å². The van der Waals surface area contributed by atoms with E-state index in [1.807, 2.05) is 30.3 Å². The number of rotatable bonds is 4. The predicted molar refractivity (Wildman–Crippen MR) is 87.4 cm³/mol. The van der Waals surface area contributed by atoms with Crippen LogP contribution in [0.15, 0.2) is 54.6 Å². The summed E-state index contributed by atoms with van der Waals surface area (Å²) in [5, 5.41) is 19.6. The van der Waals surface area contributed by atoms with E-state index in [4.69, 9.17) is 5.11 Å². The summed E-state index contributed by atoms with van der Waals surface area (Å²) in [4.78, 5) is 2.32. The number of nitrogens with zero attached hydrogens (tertiary/aromatic N) is 1. The van der Waals surface area contributed by atoms with E-state index < -0.39 is 0 Å². The standard InChI is InChI=1S/C19H23NO2/c21-14-16-6-8-17(9-7-16)18-10-11-20(13-19(18)22)12-15-4-2-1-3-5-15/h1-9,18-19,21-22H,10-14H2/t18-,19+/m1/s1. The fourth-order valence-electron chi connectivity index (χ4n) is 3.24. The first-order chi connectivity index (χ1) is 10.8.